The van der Waals surface area contributed by atoms with Gasteiger partial charge in [0, 0.05) is 19.0 Å². The number of ether oxygens (including phenoxy) is 2. The Morgan fingerprint density at radius 3 is 2.42 bits per heavy atom. The number of likely N-dealkylation sites (tertiary alicyclic amines) is 1. The molecule has 170 valence electrons. The van der Waals surface area contributed by atoms with Crippen LogP contribution >= 0.6 is 0 Å². The van der Waals surface area contributed by atoms with Crippen LogP contribution in [0.5, 0.6) is 0 Å². The molecule has 0 aromatic heterocycles. The first-order chi connectivity index (χ1) is 14.6. The van der Waals surface area contributed by atoms with Gasteiger partial charge in [-0.3, -0.25) is 4.79 Å². The van der Waals surface area contributed by atoms with Crippen LogP contribution in [0.15, 0.2) is 30.3 Å². The maximum Gasteiger partial charge on any atom is 0.416 e. The van der Waals surface area contributed by atoms with E-state index in [4.69, 9.17) is 9.47 Å². The number of hydrogen-bond acceptors (Lipinski definition) is 5. The number of carbonyl (C=O) groups excluding carboxylic acids is 3. The van der Waals surface area contributed by atoms with Crippen molar-refractivity contribution in [1.82, 2.24) is 9.80 Å². The molecule has 0 spiro atoms. The smallest absolute Gasteiger partial charge is 0.416 e. The van der Waals surface area contributed by atoms with Crippen LogP contribution in [0.1, 0.15) is 52.5 Å². The second kappa shape index (κ2) is 9.71. The normalized spacial score (nSPS) is 21.0. The minimum atomic E-state index is -0.544. The summed E-state index contributed by atoms with van der Waals surface area (Å²) in [5.41, 5.74) is 0.570. The summed E-state index contributed by atoms with van der Waals surface area (Å²) in [6.45, 7) is 8.96. The van der Waals surface area contributed by atoms with Gasteiger partial charge in [0.25, 0.3) is 0 Å². The quantitative estimate of drug-likeness (QED) is 0.698. The number of carbonyl (C=O) groups is 3. The standard InChI is InChI=1S/C24H34N2O5/c1-17(14-19-10-12-25(13-11-19)22(28)31-24(2,3)4)21(27)26-20(16-30-23(26)29)15-18-8-6-5-7-9-18/h5-9,17,19-20H,10-16H2,1-4H3. The van der Waals surface area contributed by atoms with Crippen LogP contribution in [0.4, 0.5) is 9.59 Å². The summed E-state index contributed by atoms with van der Waals surface area (Å²) in [7, 11) is 0. The van der Waals surface area contributed by atoms with Gasteiger partial charge in [-0.15, -0.1) is 0 Å². The maximum atomic E-state index is 13.1. The third kappa shape index (κ3) is 6.21. The van der Waals surface area contributed by atoms with Crippen molar-refractivity contribution in [3.05, 3.63) is 35.9 Å². The van der Waals surface area contributed by atoms with Gasteiger partial charge in [0.1, 0.15) is 12.2 Å². The van der Waals surface area contributed by atoms with Crippen LogP contribution in [0, 0.1) is 11.8 Å². The lowest BCUT2D eigenvalue weighted by atomic mass is 9.87. The van der Waals surface area contributed by atoms with Gasteiger partial charge in [0.15, 0.2) is 0 Å². The highest BCUT2D eigenvalue weighted by molar-refractivity contribution is 5.94. The number of cyclic esters (lactones) is 1. The molecular formula is C24H34N2O5. The molecule has 2 atom stereocenters. The Morgan fingerprint density at radius 2 is 1.81 bits per heavy atom. The number of piperidine rings is 1. The molecule has 1 aromatic rings. The van der Waals surface area contributed by atoms with Crippen molar-refractivity contribution in [2.75, 3.05) is 19.7 Å². The Bertz CT molecular complexity index is 781. The zero-order valence-electron chi connectivity index (χ0n) is 19.0. The second-order valence-electron chi connectivity index (χ2n) is 9.68. The van der Waals surface area contributed by atoms with Gasteiger partial charge < -0.3 is 14.4 Å². The first-order valence-corrected chi connectivity index (χ1v) is 11.2. The van der Waals surface area contributed by atoms with Crippen LogP contribution in [-0.4, -0.2) is 59.2 Å². The van der Waals surface area contributed by atoms with E-state index >= 15 is 0 Å². The number of rotatable bonds is 5. The van der Waals surface area contributed by atoms with Crippen LogP contribution in [-0.2, 0) is 20.7 Å². The van der Waals surface area contributed by atoms with E-state index < -0.39 is 11.7 Å². The first kappa shape index (κ1) is 23.1. The summed E-state index contributed by atoms with van der Waals surface area (Å²) in [5, 5.41) is 0. The Kier molecular flexibility index (Phi) is 7.23. The fraction of sp³-hybridized carbons (Fsp3) is 0.625. The number of benzene rings is 1. The molecular weight excluding hydrogens is 396 g/mol. The molecule has 2 heterocycles. The van der Waals surface area contributed by atoms with Gasteiger partial charge in [-0.2, -0.15) is 0 Å². The summed E-state index contributed by atoms with van der Waals surface area (Å²) in [6.07, 6.45) is 2.13. The average Bonchev–Trinajstić information content (AvgIpc) is 3.07. The molecule has 0 radical (unpaired) electrons. The minimum Gasteiger partial charge on any atom is -0.447 e. The van der Waals surface area contributed by atoms with E-state index in [1.54, 1.807) is 4.90 Å². The summed E-state index contributed by atoms with van der Waals surface area (Å²) < 4.78 is 10.6. The minimum absolute atomic E-state index is 0.169. The Morgan fingerprint density at radius 1 is 1.16 bits per heavy atom. The van der Waals surface area contributed by atoms with E-state index in [2.05, 4.69) is 0 Å². The van der Waals surface area contributed by atoms with Crippen molar-refractivity contribution in [1.29, 1.82) is 0 Å². The number of amides is 3. The molecule has 2 fully saturated rings. The van der Waals surface area contributed by atoms with Crippen molar-refractivity contribution in [3.8, 4) is 0 Å². The Hall–Kier alpha value is -2.57. The lowest BCUT2D eigenvalue weighted by Gasteiger charge is -2.34. The second-order valence-corrected chi connectivity index (χ2v) is 9.68. The Labute approximate surface area is 184 Å². The fourth-order valence-corrected chi connectivity index (χ4v) is 4.28. The third-order valence-electron chi connectivity index (χ3n) is 5.89. The molecule has 0 saturated carbocycles. The zero-order chi connectivity index (χ0) is 22.6. The van der Waals surface area contributed by atoms with Crippen LogP contribution in [0.25, 0.3) is 0 Å². The molecule has 2 unspecified atom stereocenters. The fourth-order valence-electron chi connectivity index (χ4n) is 4.28. The van der Waals surface area contributed by atoms with Crippen molar-refractivity contribution < 1.29 is 23.9 Å². The predicted octanol–water partition coefficient (Wildman–Crippen LogP) is 4.25. The van der Waals surface area contributed by atoms with E-state index in [0.29, 0.717) is 31.8 Å². The third-order valence-corrected chi connectivity index (χ3v) is 5.89. The molecule has 2 aliphatic rings. The summed E-state index contributed by atoms with van der Waals surface area (Å²) in [5.74, 6) is -0.108. The largest absolute Gasteiger partial charge is 0.447 e. The molecule has 31 heavy (non-hydrogen) atoms. The molecule has 7 nitrogen and oxygen atoms in total. The summed E-state index contributed by atoms with van der Waals surface area (Å²) >= 11 is 0. The highest BCUT2D eigenvalue weighted by Gasteiger charge is 2.40. The highest BCUT2D eigenvalue weighted by atomic mass is 16.6. The van der Waals surface area contributed by atoms with Gasteiger partial charge in [-0.1, -0.05) is 37.3 Å². The van der Waals surface area contributed by atoms with E-state index in [1.165, 1.54) is 4.90 Å². The Balaban J connectivity index is 1.52. The van der Waals surface area contributed by atoms with Crippen molar-refractivity contribution >= 4 is 18.1 Å². The molecule has 2 aliphatic heterocycles. The number of nitrogens with zero attached hydrogens (tertiary/aromatic N) is 2. The molecule has 2 saturated heterocycles. The van der Waals surface area contributed by atoms with E-state index in [0.717, 1.165) is 18.4 Å². The van der Waals surface area contributed by atoms with E-state index in [-0.39, 0.29) is 30.6 Å². The van der Waals surface area contributed by atoms with E-state index in [1.807, 2.05) is 58.0 Å². The average molecular weight is 431 g/mol. The predicted molar refractivity (Wildman–Crippen MR) is 116 cm³/mol. The molecule has 0 aliphatic carbocycles. The molecule has 0 N–H and O–H groups in total. The first-order valence-electron chi connectivity index (χ1n) is 11.2. The SMILES string of the molecule is CC(CC1CCN(C(=O)OC(C)(C)C)CC1)C(=O)N1C(=O)OCC1Cc1ccccc1. The van der Waals surface area contributed by atoms with Gasteiger partial charge in [-0.05, 0) is 57.9 Å². The van der Waals surface area contributed by atoms with Gasteiger partial charge in [-0.25, -0.2) is 14.5 Å². The van der Waals surface area contributed by atoms with Crippen molar-refractivity contribution in [3.63, 3.8) is 0 Å². The number of hydrogen-bond donors (Lipinski definition) is 0. The maximum absolute atomic E-state index is 13.1. The lowest BCUT2D eigenvalue weighted by molar-refractivity contribution is -0.133. The lowest BCUT2D eigenvalue weighted by Crippen LogP contribution is -2.44. The van der Waals surface area contributed by atoms with Crippen LogP contribution < -0.4 is 0 Å². The topological polar surface area (TPSA) is 76.2 Å². The van der Waals surface area contributed by atoms with Gasteiger partial charge >= 0.3 is 12.2 Å². The summed E-state index contributed by atoms with van der Waals surface area (Å²) in [6, 6.07) is 9.56. The monoisotopic (exact) mass is 430 g/mol. The van der Waals surface area contributed by atoms with Crippen LogP contribution in [0.2, 0.25) is 0 Å². The zero-order valence-corrected chi connectivity index (χ0v) is 19.0. The van der Waals surface area contributed by atoms with Crippen molar-refractivity contribution in [2.45, 2.75) is 65.0 Å². The van der Waals surface area contributed by atoms with Gasteiger partial charge in [0.05, 0.1) is 6.04 Å². The van der Waals surface area contributed by atoms with Gasteiger partial charge in [0.2, 0.25) is 5.91 Å². The van der Waals surface area contributed by atoms with Crippen molar-refractivity contribution in [2.24, 2.45) is 11.8 Å². The van der Waals surface area contributed by atoms with E-state index in [9.17, 15) is 14.4 Å². The molecule has 0 bridgehead atoms. The number of imide groups is 1. The van der Waals surface area contributed by atoms with Crippen LogP contribution in [0.3, 0.4) is 0 Å². The molecule has 3 amide bonds. The molecule has 3 rings (SSSR count). The molecule has 1 aromatic carbocycles. The molecule has 7 heteroatoms. The highest BCUT2D eigenvalue weighted by Crippen LogP contribution is 2.28. The summed E-state index contributed by atoms with van der Waals surface area (Å²) in [4.78, 5) is 40.7.